The van der Waals surface area contributed by atoms with Crippen LogP contribution in [-0.2, 0) is 12.4 Å². The van der Waals surface area contributed by atoms with Gasteiger partial charge in [-0.2, -0.15) is 0 Å². The Hall–Kier alpha value is -3.49. The van der Waals surface area contributed by atoms with E-state index in [1.54, 1.807) is 31.4 Å². The summed E-state index contributed by atoms with van der Waals surface area (Å²) in [5.74, 6) is 3.32. The number of nitrogens with zero attached hydrogens (tertiary/aromatic N) is 4. The van der Waals surface area contributed by atoms with Gasteiger partial charge in [-0.15, -0.1) is 10.2 Å². The van der Waals surface area contributed by atoms with Crippen LogP contribution in [0.1, 0.15) is 11.7 Å². The Morgan fingerprint density at radius 1 is 0.939 bits per heavy atom. The molecule has 33 heavy (non-hydrogen) atoms. The molecule has 0 aliphatic heterocycles. The lowest BCUT2D eigenvalue weighted by Gasteiger charge is -2.09. The average Bonchev–Trinajstić information content (AvgIpc) is 3.46. The Labute approximate surface area is 199 Å². The fourth-order valence-electron chi connectivity index (χ4n) is 3.35. The summed E-state index contributed by atoms with van der Waals surface area (Å²) in [6.45, 7) is 0.180. The number of aromatic nitrogens is 4. The molecular weight excluding hydrogens is 460 g/mol. The van der Waals surface area contributed by atoms with Crippen LogP contribution in [0.2, 0.25) is 5.02 Å². The number of thioether (sulfide) groups is 1. The smallest absolute Gasteiger partial charge is 0.277 e. The van der Waals surface area contributed by atoms with Gasteiger partial charge in [0.05, 0.1) is 23.9 Å². The SMILES string of the molecule is COc1ccc(-n2c(CSc3nnc(COc4ccc(Cl)cc4)o3)nc3ccccc32)cc1. The van der Waals surface area contributed by atoms with Crippen molar-refractivity contribution in [3.63, 3.8) is 0 Å². The monoisotopic (exact) mass is 478 g/mol. The van der Waals surface area contributed by atoms with E-state index >= 15 is 0 Å². The fraction of sp³-hybridized carbons (Fsp3) is 0.125. The highest BCUT2D eigenvalue weighted by atomic mass is 35.5. The number of halogens is 1. The highest BCUT2D eigenvalue weighted by molar-refractivity contribution is 7.98. The molecule has 0 bridgehead atoms. The van der Waals surface area contributed by atoms with Crippen molar-refractivity contribution in [1.29, 1.82) is 0 Å². The lowest BCUT2D eigenvalue weighted by Crippen LogP contribution is -2.00. The fourth-order valence-corrected chi connectivity index (χ4v) is 4.18. The van der Waals surface area contributed by atoms with Crippen molar-refractivity contribution < 1.29 is 13.9 Å². The maximum Gasteiger partial charge on any atom is 0.277 e. The first kappa shape index (κ1) is 21.4. The summed E-state index contributed by atoms with van der Waals surface area (Å²) in [5.41, 5.74) is 2.95. The number of hydrogen-bond acceptors (Lipinski definition) is 7. The van der Waals surface area contributed by atoms with E-state index in [0.29, 0.717) is 27.6 Å². The molecule has 0 saturated carbocycles. The van der Waals surface area contributed by atoms with Gasteiger partial charge >= 0.3 is 0 Å². The minimum Gasteiger partial charge on any atom is -0.497 e. The molecule has 0 N–H and O–H groups in total. The second-order valence-corrected chi connectivity index (χ2v) is 8.41. The summed E-state index contributed by atoms with van der Waals surface area (Å²) in [5, 5.41) is 9.31. The molecule has 0 spiro atoms. The molecule has 0 aliphatic carbocycles. The van der Waals surface area contributed by atoms with Crippen LogP contribution >= 0.6 is 23.4 Å². The largest absolute Gasteiger partial charge is 0.497 e. The third kappa shape index (κ3) is 4.81. The lowest BCUT2D eigenvalue weighted by molar-refractivity contribution is 0.252. The molecule has 5 rings (SSSR count). The van der Waals surface area contributed by atoms with Gasteiger partial charge in [-0.25, -0.2) is 4.98 Å². The first-order chi connectivity index (χ1) is 16.2. The Morgan fingerprint density at radius 2 is 1.70 bits per heavy atom. The van der Waals surface area contributed by atoms with Gasteiger partial charge in [-0.05, 0) is 60.7 Å². The Morgan fingerprint density at radius 3 is 2.48 bits per heavy atom. The molecule has 5 aromatic rings. The minimum absolute atomic E-state index is 0.180. The standard InChI is InChI=1S/C24H19ClN4O3S/c1-30-18-12-8-17(9-13-18)29-21-5-3-2-4-20(21)26-22(29)15-33-24-28-27-23(32-24)14-31-19-10-6-16(25)7-11-19/h2-13H,14-15H2,1H3. The second-order valence-electron chi connectivity index (χ2n) is 7.04. The Bertz CT molecular complexity index is 1370. The third-order valence-electron chi connectivity index (χ3n) is 4.91. The molecular formula is C24H19ClN4O3S. The molecule has 9 heteroatoms. The van der Waals surface area contributed by atoms with Crippen molar-refractivity contribution in [2.24, 2.45) is 0 Å². The molecule has 0 atom stereocenters. The maximum atomic E-state index is 5.90. The average molecular weight is 479 g/mol. The van der Waals surface area contributed by atoms with Crippen LogP contribution in [0.15, 0.2) is 82.4 Å². The number of imidazole rings is 1. The van der Waals surface area contributed by atoms with Crippen LogP contribution in [0.3, 0.4) is 0 Å². The molecule has 0 aliphatic rings. The van der Waals surface area contributed by atoms with Crippen LogP contribution in [0.4, 0.5) is 0 Å². The molecule has 0 radical (unpaired) electrons. The van der Waals surface area contributed by atoms with E-state index in [1.165, 1.54) is 11.8 Å². The van der Waals surface area contributed by atoms with Crippen molar-refractivity contribution in [1.82, 2.24) is 19.7 Å². The van der Waals surface area contributed by atoms with Crippen LogP contribution < -0.4 is 9.47 Å². The number of methoxy groups -OCH3 is 1. The maximum absolute atomic E-state index is 5.90. The first-order valence-electron chi connectivity index (χ1n) is 10.1. The van der Waals surface area contributed by atoms with Gasteiger partial charge in [0, 0.05) is 10.7 Å². The number of para-hydroxylation sites is 2. The molecule has 2 aromatic heterocycles. The number of ether oxygens (including phenoxy) is 2. The van der Waals surface area contributed by atoms with Gasteiger partial charge in [0.15, 0.2) is 6.61 Å². The molecule has 0 amide bonds. The highest BCUT2D eigenvalue weighted by Gasteiger charge is 2.15. The molecule has 0 unspecified atom stereocenters. The zero-order valence-corrected chi connectivity index (χ0v) is 19.2. The van der Waals surface area contributed by atoms with E-state index in [9.17, 15) is 0 Å². The molecule has 7 nitrogen and oxygen atoms in total. The molecule has 0 fully saturated rings. The Balaban J connectivity index is 1.32. The van der Waals surface area contributed by atoms with E-state index < -0.39 is 0 Å². The van der Waals surface area contributed by atoms with Gasteiger partial charge in [0.25, 0.3) is 11.1 Å². The molecule has 166 valence electrons. The summed E-state index contributed by atoms with van der Waals surface area (Å²) in [6, 6.07) is 23.1. The zero-order valence-electron chi connectivity index (χ0n) is 17.6. The second kappa shape index (κ2) is 9.56. The summed E-state index contributed by atoms with van der Waals surface area (Å²) < 4.78 is 18.8. The lowest BCUT2D eigenvalue weighted by atomic mass is 10.2. The molecule has 3 aromatic carbocycles. The topological polar surface area (TPSA) is 75.2 Å². The zero-order chi connectivity index (χ0) is 22.6. The summed E-state index contributed by atoms with van der Waals surface area (Å²) in [4.78, 5) is 4.82. The normalized spacial score (nSPS) is 11.1. The van der Waals surface area contributed by atoms with E-state index in [-0.39, 0.29) is 6.61 Å². The van der Waals surface area contributed by atoms with Gasteiger partial charge in [0.1, 0.15) is 17.3 Å². The van der Waals surface area contributed by atoms with Crippen LogP contribution in [0.25, 0.3) is 16.7 Å². The van der Waals surface area contributed by atoms with Crippen molar-refractivity contribution in [3.8, 4) is 17.2 Å². The van der Waals surface area contributed by atoms with Gasteiger partial charge in [-0.3, -0.25) is 4.57 Å². The highest BCUT2D eigenvalue weighted by Crippen LogP contribution is 2.28. The van der Waals surface area contributed by atoms with E-state index in [1.807, 2.05) is 42.5 Å². The van der Waals surface area contributed by atoms with E-state index in [2.05, 4.69) is 20.8 Å². The van der Waals surface area contributed by atoms with Crippen molar-refractivity contribution in [2.45, 2.75) is 17.6 Å². The van der Waals surface area contributed by atoms with E-state index in [4.69, 9.17) is 30.5 Å². The molecule has 2 heterocycles. The third-order valence-corrected chi connectivity index (χ3v) is 5.98. The van der Waals surface area contributed by atoms with Crippen LogP contribution in [-0.4, -0.2) is 26.9 Å². The van der Waals surface area contributed by atoms with E-state index in [0.717, 1.165) is 28.3 Å². The van der Waals surface area contributed by atoms with Gasteiger partial charge < -0.3 is 13.9 Å². The summed E-state index contributed by atoms with van der Waals surface area (Å²) in [7, 11) is 1.66. The number of hydrogen-bond donors (Lipinski definition) is 0. The van der Waals surface area contributed by atoms with Crippen LogP contribution in [0, 0.1) is 0 Å². The van der Waals surface area contributed by atoms with Crippen molar-refractivity contribution >= 4 is 34.4 Å². The number of fused-ring (bicyclic) bond motifs is 1. The number of rotatable bonds is 8. The molecule has 0 saturated heterocycles. The van der Waals surface area contributed by atoms with Crippen molar-refractivity contribution in [2.75, 3.05) is 7.11 Å². The van der Waals surface area contributed by atoms with Crippen LogP contribution in [0.5, 0.6) is 11.5 Å². The predicted octanol–water partition coefficient (Wildman–Crippen LogP) is 5.94. The predicted molar refractivity (Wildman–Crippen MR) is 127 cm³/mol. The number of benzene rings is 3. The van der Waals surface area contributed by atoms with Gasteiger partial charge in [-0.1, -0.05) is 35.5 Å². The summed E-state index contributed by atoms with van der Waals surface area (Å²) >= 11 is 7.32. The van der Waals surface area contributed by atoms with Crippen molar-refractivity contribution in [3.05, 3.63) is 89.5 Å². The first-order valence-corrected chi connectivity index (χ1v) is 11.5. The Kier molecular flexibility index (Phi) is 6.19. The minimum atomic E-state index is 0.180. The van der Waals surface area contributed by atoms with Gasteiger partial charge in [0.2, 0.25) is 0 Å². The summed E-state index contributed by atoms with van der Waals surface area (Å²) in [6.07, 6.45) is 0. The quantitative estimate of drug-likeness (QED) is 0.255.